The van der Waals surface area contributed by atoms with E-state index in [1.165, 1.54) is 0 Å². The fraction of sp³-hybridized carbons (Fsp3) is 0.929. The third kappa shape index (κ3) is 5.05. The Bertz CT molecular complexity index is 323. The largest absolute Gasteiger partial charge is 0.480 e. The second-order valence-electron chi connectivity index (χ2n) is 6.92. The third-order valence-electron chi connectivity index (χ3n) is 3.32. The second-order valence-corrected chi connectivity index (χ2v) is 10.2. The van der Waals surface area contributed by atoms with Crippen molar-refractivity contribution >= 4 is 41.1 Å². The van der Waals surface area contributed by atoms with Gasteiger partial charge in [0.1, 0.15) is 0 Å². The highest BCUT2D eigenvalue weighted by atomic mass is 35.5. The summed E-state index contributed by atoms with van der Waals surface area (Å²) in [6.45, 7) is 8.64. The van der Waals surface area contributed by atoms with E-state index < -0.39 is 10.0 Å². The average molecular weight is 325 g/mol. The molecule has 1 rings (SSSR count). The zero-order valence-corrected chi connectivity index (χ0v) is 14.7. The number of thioether (sulfide) groups is 2. The van der Waals surface area contributed by atoms with E-state index in [2.05, 4.69) is 27.7 Å². The number of hydrogen-bond donors (Lipinski definition) is 1. The molecule has 0 aromatic heterocycles. The van der Waals surface area contributed by atoms with Crippen molar-refractivity contribution in [2.45, 2.75) is 51.0 Å². The second kappa shape index (κ2) is 6.48. The first-order valence-electron chi connectivity index (χ1n) is 6.70. The Morgan fingerprint density at radius 1 is 1.21 bits per heavy atom. The molecule has 0 aliphatic carbocycles. The first-order chi connectivity index (χ1) is 8.63. The van der Waals surface area contributed by atoms with Gasteiger partial charge < -0.3 is 5.11 Å². The van der Waals surface area contributed by atoms with Gasteiger partial charge in [0.2, 0.25) is 0 Å². The predicted molar refractivity (Wildman–Crippen MR) is 87.4 cm³/mol. The van der Waals surface area contributed by atoms with E-state index in [4.69, 9.17) is 11.6 Å². The minimum Gasteiger partial charge on any atom is -0.480 e. The van der Waals surface area contributed by atoms with Crippen molar-refractivity contribution < 1.29 is 9.90 Å². The molecular formula is C14H25ClO2S2. The number of halogens is 1. The number of hydrogen-bond acceptors (Lipinski definition) is 3. The predicted octanol–water partition coefficient (Wildman–Crippen LogP) is 4.71. The van der Waals surface area contributed by atoms with Gasteiger partial charge in [-0.2, -0.15) is 0 Å². The van der Waals surface area contributed by atoms with E-state index in [9.17, 15) is 9.90 Å². The van der Waals surface area contributed by atoms with E-state index in [0.29, 0.717) is 12.3 Å². The highest BCUT2D eigenvalue weighted by molar-refractivity contribution is 8.19. The van der Waals surface area contributed by atoms with Crippen LogP contribution in [-0.2, 0) is 4.79 Å². The number of carboxylic acid groups (broad SMARTS) is 1. The van der Waals surface area contributed by atoms with Crippen LogP contribution >= 0.6 is 35.1 Å². The summed E-state index contributed by atoms with van der Waals surface area (Å²) in [6, 6.07) is 0. The normalized spacial score (nSPS) is 20.3. The molecule has 112 valence electrons. The number of carbonyl (C=O) groups is 1. The van der Waals surface area contributed by atoms with Gasteiger partial charge in [-0.05, 0) is 41.6 Å². The quantitative estimate of drug-likeness (QED) is 0.718. The first kappa shape index (κ1) is 17.5. The number of carboxylic acids is 1. The summed E-state index contributed by atoms with van der Waals surface area (Å²) in [7, 11) is 0. The monoisotopic (exact) mass is 324 g/mol. The van der Waals surface area contributed by atoms with Gasteiger partial charge in [-0.3, -0.25) is 0 Å². The van der Waals surface area contributed by atoms with E-state index >= 15 is 0 Å². The third-order valence-corrected chi connectivity index (χ3v) is 7.30. The van der Waals surface area contributed by atoms with Crippen molar-refractivity contribution in [3.63, 3.8) is 0 Å². The summed E-state index contributed by atoms with van der Waals surface area (Å²) in [6.07, 6.45) is 2.75. The van der Waals surface area contributed by atoms with E-state index in [0.717, 1.165) is 24.3 Å². The SMILES string of the molecule is CC(C)(CCl)CC(C)(C)CC1(C(=O)O)SCCCS1. The summed E-state index contributed by atoms with van der Waals surface area (Å²) in [5.41, 5.74) is 0.0306. The van der Waals surface area contributed by atoms with Crippen molar-refractivity contribution in [1.82, 2.24) is 0 Å². The molecule has 0 radical (unpaired) electrons. The van der Waals surface area contributed by atoms with E-state index in [-0.39, 0.29) is 10.8 Å². The van der Waals surface area contributed by atoms with Gasteiger partial charge in [0, 0.05) is 5.88 Å². The minimum absolute atomic E-state index is 0.0197. The van der Waals surface area contributed by atoms with Crippen LogP contribution in [0.1, 0.15) is 47.0 Å². The molecule has 0 spiro atoms. The lowest BCUT2D eigenvalue weighted by Crippen LogP contribution is -2.40. The Labute approximate surface area is 130 Å². The Morgan fingerprint density at radius 2 is 1.74 bits per heavy atom. The van der Waals surface area contributed by atoms with Gasteiger partial charge in [0.25, 0.3) is 0 Å². The molecule has 0 saturated carbocycles. The van der Waals surface area contributed by atoms with Crippen molar-refractivity contribution in [3.8, 4) is 0 Å². The molecule has 5 heteroatoms. The fourth-order valence-corrected chi connectivity index (χ4v) is 6.49. The first-order valence-corrected chi connectivity index (χ1v) is 9.20. The highest BCUT2D eigenvalue weighted by Gasteiger charge is 2.46. The van der Waals surface area contributed by atoms with Crippen LogP contribution < -0.4 is 0 Å². The average Bonchev–Trinajstić information content (AvgIpc) is 2.28. The molecule has 2 nitrogen and oxygen atoms in total. The van der Waals surface area contributed by atoms with Crippen LogP contribution in [0.15, 0.2) is 0 Å². The Balaban J connectivity index is 2.80. The number of alkyl halides is 1. The summed E-state index contributed by atoms with van der Waals surface area (Å²) < 4.78 is -0.663. The summed E-state index contributed by atoms with van der Waals surface area (Å²) in [4.78, 5) is 11.7. The van der Waals surface area contributed by atoms with Crippen molar-refractivity contribution in [1.29, 1.82) is 0 Å². The molecule has 1 fully saturated rings. The summed E-state index contributed by atoms with van der Waals surface area (Å²) in [5.74, 6) is 1.85. The topological polar surface area (TPSA) is 37.3 Å². The lowest BCUT2D eigenvalue weighted by atomic mass is 9.73. The molecule has 0 bridgehead atoms. The molecule has 0 unspecified atom stereocenters. The molecule has 0 amide bonds. The number of rotatable bonds is 6. The zero-order valence-electron chi connectivity index (χ0n) is 12.3. The van der Waals surface area contributed by atoms with Gasteiger partial charge in [-0.25, -0.2) is 4.79 Å². The standard InChI is InChI=1S/C14H25ClO2S2/c1-12(2,8-13(3,4)10-15)9-14(11(16)17)18-6-5-7-19-14/h5-10H2,1-4H3,(H,16,17). The van der Waals surface area contributed by atoms with Crippen LogP contribution in [0.2, 0.25) is 0 Å². The Hall–Kier alpha value is 0.460. The van der Waals surface area contributed by atoms with Crippen LogP contribution in [-0.4, -0.2) is 32.5 Å². The summed E-state index contributed by atoms with van der Waals surface area (Å²) in [5, 5.41) is 9.64. The molecule has 1 aliphatic rings. The number of aliphatic carboxylic acids is 1. The Kier molecular flexibility index (Phi) is 5.98. The molecule has 1 saturated heterocycles. The van der Waals surface area contributed by atoms with Crippen molar-refractivity contribution in [2.75, 3.05) is 17.4 Å². The van der Waals surface area contributed by atoms with Gasteiger partial charge >= 0.3 is 5.97 Å². The van der Waals surface area contributed by atoms with Crippen LogP contribution in [0.3, 0.4) is 0 Å². The Morgan fingerprint density at radius 3 is 2.16 bits per heavy atom. The van der Waals surface area contributed by atoms with Gasteiger partial charge in [-0.15, -0.1) is 35.1 Å². The molecule has 1 heterocycles. The molecule has 0 aromatic carbocycles. The van der Waals surface area contributed by atoms with Gasteiger partial charge in [0.05, 0.1) is 0 Å². The highest BCUT2D eigenvalue weighted by Crippen LogP contribution is 2.51. The lowest BCUT2D eigenvalue weighted by Gasteiger charge is -2.41. The van der Waals surface area contributed by atoms with Gasteiger partial charge in [0.15, 0.2) is 4.08 Å². The summed E-state index contributed by atoms with van der Waals surface area (Å²) >= 11 is 9.23. The van der Waals surface area contributed by atoms with Crippen molar-refractivity contribution in [2.24, 2.45) is 10.8 Å². The molecule has 0 aromatic rings. The van der Waals surface area contributed by atoms with Crippen molar-refractivity contribution in [3.05, 3.63) is 0 Å². The molecule has 19 heavy (non-hydrogen) atoms. The van der Waals surface area contributed by atoms with Crippen LogP contribution in [0.25, 0.3) is 0 Å². The minimum atomic E-state index is -0.668. The van der Waals surface area contributed by atoms with Crippen LogP contribution in [0.5, 0.6) is 0 Å². The fourth-order valence-electron chi connectivity index (χ4n) is 2.91. The molecule has 1 aliphatic heterocycles. The lowest BCUT2D eigenvalue weighted by molar-refractivity contribution is -0.138. The maximum Gasteiger partial charge on any atom is 0.330 e. The smallest absolute Gasteiger partial charge is 0.330 e. The molecule has 1 N–H and O–H groups in total. The molecular weight excluding hydrogens is 300 g/mol. The van der Waals surface area contributed by atoms with Crippen LogP contribution in [0.4, 0.5) is 0 Å². The van der Waals surface area contributed by atoms with Crippen LogP contribution in [0, 0.1) is 10.8 Å². The van der Waals surface area contributed by atoms with E-state index in [1.54, 1.807) is 23.5 Å². The molecule has 0 atom stereocenters. The zero-order chi connectivity index (χ0) is 14.7. The van der Waals surface area contributed by atoms with Gasteiger partial charge in [-0.1, -0.05) is 27.7 Å². The maximum atomic E-state index is 11.7. The maximum absolute atomic E-state index is 11.7. The van der Waals surface area contributed by atoms with E-state index in [1.807, 2.05) is 0 Å².